The first kappa shape index (κ1) is 26.8. The number of carboxylic acids is 2. The van der Waals surface area contributed by atoms with Gasteiger partial charge < -0.3 is 34.8 Å². The average molecular weight is 442 g/mol. The molecule has 0 amide bonds. The summed E-state index contributed by atoms with van der Waals surface area (Å²) in [6.45, 7) is 8.09. The second kappa shape index (κ2) is 14.0. The molecule has 4 N–H and O–H groups in total. The Hall–Kier alpha value is -2.20. The second-order valence-electron chi connectivity index (χ2n) is 8.20. The lowest BCUT2D eigenvalue weighted by molar-refractivity contribution is -0.139. The van der Waals surface area contributed by atoms with Crippen molar-refractivity contribution in [2.24, 2.45) is 0 Å². The van der Waals surface area contributed by atoms with E-state index in [0.29, 0.717) is 38.3 Å². The van der Waals surface area contributed by atoms with Crippen LogP contribution in [-0.4, -0.2) is 65.3 Å². The van der Waals surface area contributed by atoms with Gasteiger partial charge in [0, 0.05) is 30.5 Å². The molecule has 1 heterocycles. The summed E-state index contributed by atoms with van der Waals surface area (Å²) in [5.74, 6) is -1.05. The van der Waals surface area contributed by atoms with Gasteiger partial charge in [0.05, 0.1) is 13.2 Å². The first-order valence-corrected chi connectivity index (χ1v) is 10.4. The maximum atomic E-state index is 9.98. The van der Waals surface area contributed by atoms with Gasteiger partial charge in [0.1, 0.15) is 18.5 Å². The zero-order chi connectivity index (χ0) is 23.3. The lowest BCUT2D eigenvalue weighted by Crippen LogP contribution is -2.42. The predicted octanol–water partition coefficient (Wildman–Crippen LogP) is 2.58. The monoisotopic (exact) mass is 441 g/mol. The standard InChI is InChI=1S/C16H25NO4.C6H10O4/c1-16(2,3)17-10-12(18)11-21-14-7-5-4-6-13(14)15-19-8-9-20-15;7-5(8)3-1-2-4-6(9)10/h4-7,12,15,17-18H,8-11H2,1-3H3;1-4H2,(H,7,8)(H,9,10). The van der Waals surface area contributed by atoms with Gasteiger partial charge in [-0.3, -0.25) is 9.59 Å². The molecule has 9 nitrogen and oxygen atoms in total. The summed E-state index contributed by atoms with van der Waals surface area (Å²) in [5.41, 5.74) is 0.843. The SMILES string of the molecule is CC(C)(C)NCC(O)COc1ccccc1C1OCCO1.O=C(O)CCCCC(=O)O. The van der Waals surface area contributed by atoms with Crippen LogP contribution < -0.4 is 10.1 Å². The van der Waals surface area contributed by atoms with E-state index in [1.165, 1.54) is 0 Å². The van der Waals surface area contributed by atoms with E-state index in [1.807, 2.05) is 24.3 Å². The minimum absolute atomic E-state index is 0.0234. The molecule has 1 aliphatic rings. The molecule has 1 fully saturated rings. The Balaban J connectivity index is 0.000000407. The van der Waals surface area contributed by atoms with Crippen LogP contribution in [-0.2, 0) is 19.1 Å². The minimum atomic E-state index is -0.870. The van der Waals surface area contributed by atoms with Crippen molar-refractivity contribution < 1.29 is 39.1 Å². The second-order valence-corrected chi connectivity index (χ2v) is 8.20. The summed E-state index contributed by atoms with van der Waals surface area (Å²) >= 11 is 0. The number of nitrogens with one attached hydrogen (secondary N) is 1. The molecular weight excluding hydrogens is 406 g/mol. The quantitative estimate of drug-likeness (QED) is 0.382. The molecule has 176 valence electrons. The molecular formula is C22H35NO8. The predicted molar refractivity (Wildman–Crippen MR) is 114 cm³/mol. The number of para-hydroxylation sites is 1. The van der Waals surface area contributed by atoms with Gasteiger partial charge in [-0.15, -0.1) is 0 Å². The Morgan fingerprint density at radius 1 is 1.10 bits per heavy atom. The Bertz CT molecular complexity index is 652. The minimum Gasteiger partial charge on any atom is -0.490 e. The third-order valence-corrected chi connectivity index (χ3v) is 4.13. The Morgan fingerprint density at radius 3 is 2.16 bits per heavy atom. The van der Waals surface area contributed by atoms with Gasteiger partial charge in [-0.05, 0) is 39.7 Å². The third kappa shape index (κ3) is 13.0. The lowest BCUT2D eigenvalue weighted by Gasteiger charge is -2.23. The van der Waals surface area contributed by atoms with Crippen molar-refractivity contribution in [2.45, 2.75) is 64.4 Å². The number of carboxylic acid groups (broad SMARTS) is 2. The van der Waals surface area contributed by atoms with Crippen LogP contribution in [0.1, 0.15) is 58.3 Å². The number of carbonyl (C=O) groups is 2. The number of aliphatic hydroxyl groups excluding tert-OH is 1. The number of aliphatic carboxylic acids is 2. The van der Waals surface area contributed by atoms with E-state index < -0.39 is 18.0 Å². The van der Waals surface area contributed by atoms with Crippen LogP contribution in [0.5, 0.6) is 5.75 Å². The Morgan fingerprint density at radius 2 is 1.65 bits per heavy atom. The molecule has 31 heavy (non-hydrogen) atoms. The molecule has 0 spiro atoms. The highest BCUT2D eigenvalue weighted by Gasteiger charge is 2.22. The summed E-state index contributed by atoms with van der Waals surface area (Å²) in [7, 11) is 0. The van der Waals surface area contributed by atoms with Crippen LogP contribution in [0, 0.1) is 0 Å². The number of ether oxygens (including phenoxy) is 3. The summed E-state index contributed by atoms with van der Waals surface area (Å²) in [6, 6.07) is 7.60. The number of aliphatic hydroxyl groups is 1. The van der Waals surface area contributed by atoms with Crippen LogP contribution in [0.4, 0.5) is 0 Å². The van der Waals surface area contributed by atoms with Crippen molar-refractivity contribution in [3.8, 4) is 5.75 Å². The van der Waals surface area contributed by atoms with Gasteiger partial charge in [0.15, 0.2) is 6.29 Å². The van der Waals surface area contributed by atoms with E-state index in [-0.39, 0.29) is 31.3 Å². The van der Waals surface area contributed by atoms with Gasteiger partial charge >= 0.3 is 11.9 Å². The van der Waals surface area contributed by atoms with Crippen molar-refractivity contribution in [2.75, 3.05) is 26.4 Å². The zero-order valence-electron chi connectivity index (χ0n) is 18.5. The number of benzene rings is 1. The molecule has 0 aromatic heterocycles. The fourth-order valence-corrected chi connectivity index (χ4v) is 2.57. The summed E-state index contributed by atoms with van der Waals surface area (Å²) in [4.78, 5) is 19.8. The van der Waals surface area contributed by atoms with Gasteiger partial charge in [0.25, 0.3) is 0 Å². The van der Waals surface area contributed by atoms with Crippen LogP contribution in [0.15, 0.2) is 24.3 Å². The molecule has 1 saturated heterocycles. The zero-order valence-corrected chi connectivity index (χ0v) is 18.5. The lowest BCUT2D eigenvalue weighted by atomic mass is 10.1. The summed E-state index contributed by atoms with van der Waals surface area (Å²) in [6.07, 6.45) is 0.0813. The molecule has 1 unspecified atom stereocenters. The van der Waals surface area contributed by atoms with Crippen molar-refractivity contribution in [1.82, 2.24) is 5.32 Å². The topological polar surface area (TPSA) is 135 Å². The molecule has 1 atom stereocenters. The summed E-state index contributed by atoms with van der Waals surface area (Å²) < 4.78 is 16.7. The number of unbranched alkanes of at least 4 members (excludes halogenated alkanes) is 1. The van der Waals surface area contributed by atoms with Crippen molar-refractivity contribution >= 4 is 11.9 Å². The van der Waals surface area contributed by atoms with Crippen molar-refractivity contribution in [1.29, 1.82) is 0 Å². The van der Waals surface area contributed by atoms with E-state index in [0.717, 1.165) is 5.56 Å². The highest BCUT2D eigenvalue weighted by molar-refractivity contribution is 5.67. The smallest absolute Gasteiger partial charge is 0.303 e. The number of rotatable bonds is 11. The summed E-state index contributed by atoms with van der Waals surface area (Å²) in [5, 5.41) is 29.5. The highest BCUT2D eigenvalue weighted by atomic mass is 16.7. The van der Waals surface area contributed by atoms with E-state index in [4.69, 9.17) is 24.4 Å². The van der Waals surface area contributed by atoms with Crippen LogP contribution >= 0.6 is 0 Å². The average Bonchev–Trinajstić information content (AvgIpc) is 3.23. The van der Waals surface area contributed by atoms with Gasteiger partial charge in [-0.25, -0.2) is 0 Å². The van der Waals surface area contributed by atoms with Crippen molar-refractivity contribution in [3.05, 3.63) is 29.8 Å². The van der Waals surface area contributed by atoms with E-state index in [1.54, 1.807) is 0 Å². The Kier molecular flexibility index (Phi) is 12.1. The molecule has 0 aliphatic carbocycles. The molecule has 0 radical (unpaired) electrons. The largest absolute Gasteiger partial charge is 0.490 e. The van der Waals surface area contributed by atoms with E-state index >= 15 is 0 Å². The van der Waals surface area contributed by atoms with Gasteiger partial charge in [-0.1, -0.05) is 18.2 Å². The number of hydrogen-bond acceptors (Lipinski definition) is 7. The molecule has 0 bridgehead atoms. The molecule has 1 aliphatic heterocycles. The van der Waals surface area contributed by atoms with Crippen LogP contribution in [0.3, 0.4) is 0 Å². The normalized spacial score (nSPS) is 15.1. The third-order valence-electron chi connectivity index (χ3n) is 4.13. The van der Waals surface area contributed by atoms with Crippen LogP contribution in [0.2, 0.25) is 0 Å². The molecule has 1 aromatic carbocycles. The number of hydrogen-bond donors (Lipinski definition) is 4. The Labute approximate surface area is 183 Å². The number of β-amino-alcohol motifs (C(OH)–C–C–N with tert-alkyl or cyclic N) is 1. The fourth-order valence-electron chi connectivity index (χ4n) is 2.57. The molecule has 1 aromatic rings. The highest BCUT2D eigenvalue weighted by Crippen LogP contribution is 2.31. The molecule has 0 saturated carbocycles. The maximum Gasteiger partial charge on any atom is 0.303 e. The fraction of sp³-hybridized carbons (Fsp3) is 0.636. The van der Waals surface area contributed by atoms with Crippen LogP contribution in [0.25, 0.3) is 0 Å². The van der Waals surface area contributed by atoms with Gasteiger partial charge in [-0.2, -0.15) is 0 Å². The first-order valence-electron chi connectivity index (χ1n) is 10.4. The molecule has 9 heteroatoms. The van der Waals surface area contributed by atoms with E-state index in [9.17, 15) is 14.7 Å². The van der Waals surface area contributed by atoms with Crippen molar-refractivity contribution in [3.63, 3.8) is 0 Å². The molecule has 2 rings (SSSR count). The first-order chi connectivity index (χ1) is 14.6. The van der Waals surface area contributed by atoms with E-state index in [2.05, 4.69) is 26.1 Å². The van der Waals surface area contributed by atoms with Gasteiger partial charge in [0.2, 0.25) is 0 Å². The maximum absolute atomic E-state index is 9.98.